The van der Waals surface area contributed by atoms with Crippen molar-refractivity contribution in [2.75, 3.05) is 52.6 Å². The molecule has 6 nitrogen and oxygen atoms in total. The number of morpholine rings is 2. The lowest BCUT2D eigenvalue weighted by Crippen LogP contribution is -2.35. The third kappa shape index (κ3) is 7.05. The molecule has 0 spiro atoms. The highest BCUT2D eigenvalue weighted by atomic mass is 16.5. The fraction of sp³-hybridized carbons (Fsp3) is 0.613. The maximum absolute atomic E-state index is 11.5. The summed E-state index contributed by atoms with van der Waals surface area (Å²) < 4.78 is 11.0. The SMILES string of the molecule is CC(C)(C)c1cc(Cc2cc(C(C)(C)C)cc(CN3CCOCC3)c2O)c(O)c(CN2CCOCC2)c1. The van der Waals surface area contributed by atoms with Crippen LogP contribution in [0.5, 0.6) is 11.5 Å². The first-order valence-corrected chi connectivity index (χ1v) is 13.7. The van der Waals surface area contributed by atoms with Crippen molar-refractivity contribution in [3.8, 4) is 11.5 Å². The second-order valence-electron chi connectivity index (χ2n) is 12.7. The molecule has 0 atom stereocenters. The van der Waals surface area contributed by atoms with E-state index in [1.54, 1.807) is 0 Å². The van der Waals surface area contributed by atoms with Crippen LogP contribution in [0.25, 0.3) is 0 Å². The van der Waals surface area contributed by atoms with E-state index in [1.807, 2.05) is 0 Å². The monoisotopic (exact) mass is 510 g/mol. The summed E-state index contributed by atoms with van der Waals surface area (Å²) in [6, 6.07) is 8.57. The Balaban J connectivity index is 1.72. The van der Waals surface area contributed by atoms with Crippen molar-refractivity contribution >= 4 is 0 Å². The van der Waals surface area contributed by atoms with Crippen molar-refractivity contribution in [2.45, 2.75) is 71.9 Å². The molecule has 0 radical (unpaired) electrons. The average Bonchev–Trinajstić information content (AvgIpc) is 2.83. The van der Waals surface area contributed by atoms with Gasteiger partial charge in [0.25, 0.3) is 0 Å². The number of aromatic hydroxyl groups is 2. The summed E-state index contributed by atoms with van der Waals surface area (Å²) in [5.41, 5.74) is 5.92. The van der Waals surface area contributed by atoms with Crippen LogP contribution < -0.4 is 0 Å². The minimum atomic E-state index is -0.0565. The van der Waals surface area contributed by atoms with E-state index < -0.39 is 0 Å². The second kappa shape index (κ2) is 11.3. The largest absolute Gasteiger partial charge is 0.507 e. The van der Waals surface area contributed by atoms with Crippen molar-refractivity contribution in [3.63, 3.8) is 0 Å². The zero-order chi connectivity index (χ0) is 26.8. The number of nitrogens with zero attached hydrogens (tertiary/aromatic N) is 2. The van der Waals surface area contributed by atoms with Gasteiger partial charge in [-0.05, 0) is 33.1 Å². The van der Waals surface area contributed by atoms with Crippen molar-refractivity contribution in [2.24, 2.45) is 0 Å². The van der Waals surface area contributed by atoms with Crippen LogP contribution in [0.1, 0.15) is 74.9 Å². The van der Waals surface area contributed by atoms with Gasteiger partial charge in [-0.3, -0.25) is 9.80 Å². The predicted molar refractivity (Wildman–Crippen MR) is 149 cm³/mol. The molecule has 2 N–H and O–H groups in total. The summed E-state index contributed by atoms with van der Waals surface area (Å²) >= 11 is 0. The van der Waals surface area contributed by atoms with Crippen molar-refractivity contribution in [1.29, 1.82) is 0 Å². The van der Waals surface area contributed by atoms with Gasteiger partial charge in [0.2, 0.25) is 0 Å². The highest BCUT2D eigenvalue weighted by Gasteiger charge is 2.24. The third-order valence-electron chi connectivity index (χ3n) is 7.64. The molecule has 0 saturated carbocycles. The number of ether oxygens (including phenoxy) is 2. The summed E-state index contributed by atoms with van der Waals surface area (Å²) in [6.45, 7) is 21.0. The molecule has 204 valence electrons. The molecule has 6 heteroatoms. The molecule has 0 aliphatic carbocycles. The first-order chi connectivity index (χ1) is 17.4. The van der Waals surface area contributed by atoms with Gasteiger partial charge in [-0.2, -0.15) is 0 Å². The fourth-order valence-corrected chi connectivity index (χ4v) is 5.10. The van der Waals surface area contributed by atoms with Gasteiger partial charge >= 0.3 is 0 Å². The molecule has 2 heterocycles. The topological polar surface area (TPSA) is 65.4 Å². The number of hydrogen-bond donors (Lipinski definition) is 2. The van der Waals surface area contributed by atoms with Crippen LogP contribution >= 0.6 is 0 Å². The molecule has 2 fully saturated rings. The third-order valence-corrected chi connectivity index (χ3v) is 7.64. The van der Waals surface area contributed by atoms with Gasteiger partial charge in [0, 0.05) is 56.8 Å². The molecular weight excluding hydrogens is 464 g/mol. The van der Waals surface area contributed by atoms with Crippen LogP contribution in [0.3, 0.4) is 0 Å². The summed E-state index contributed by atoms with van der Waals surface area (Å²) in [5, 5.41) is 22.9. The van der Waals surface area contributed by atoms with Gasteiger partial charge in [-0.1, -0.05) is 65.8 Å². The van der Waals surface area contributed by atoms with Crippen LogP contribution in [0.4, 0.5) is 0 Å². The molecule has 0 amide bonds. The van der Waals surface area contributed by atoms with Crippen molar-refractivity contribution < 1.29 is 19.7 Å². The number of phenols is 2. The molecular formula is C31H46N2O4. The number of hydrogen-bond acceptors (Lipinski definition) is 6. The van der Waals surface area contributed by atoms with Crippen LogP contribution in [-0.4, -0.2) is 72.6 Å². The van der Waals surface area contributed by atoms with E-state index in [0.29, 0.717) is 31.0 Å². The summed E-state index contributed by atoms with van der Waals surface area (Å²) in [5.74, 6) is 0.685. The minimum absolute atomic E-state index is 0.0565. The Bertz CT molecular complexity index is 987. The lowest BCUT2D eigenvalue weighted by atomic mass is 9.82. The Labute approximate surface area is 223 Å². The lowest BCUT2D eigenvalue weighted by molar-refractivity contribution is 0.0338. The minimum Gasteiger partial charge on any atom is -0.507 e. The summed E-state index contributed by atoms with van der Waals surface area (Å²) in [7, 11) is 0. The zero-order valence-electron chi connectivity index (χ0n) is 23.7. The first kappa shape index (κ1) is 27.9. The quantitative estimate of drug-likeness (QED) is 0.574. The molecule has 2 aromatic rings. The standard InChI is InChI=1S/C31H46N2O4/c1-30(2,3)26-16-22(28(34)24(18-26)20-32-7-11-36-12-8-32)15-23-17-27(31(4,5)6)19-25(29(23)35)21-33-9-13-37-14-10-33/h16-19,34-35H,7-15,20-21H2,1-6H3. The fourth-order valence-electron chi connectivity index (χ4n) is 5.10. The van der Waals surface area contributed by atoms with Crippen LogP contribution in [0.2, 0.25) is 0 Å². The lowest BCUT2D eigenvalue weighted by Gasteiger charge is -2.29. The first-order valence-electron chi connectivity index (χ1n) is 13.7. The summed E-state index contributed by atoms with van der Waals surface area (Å²) in [4.78, 5) is 4.68. The van der Waals surface area contributed by atoms with Crippen LogP contribution in [-0.2, 0) is 39.8 Å². The molecule has 2 aliphatic rings. The Morgan fingerprint density at radius 2 is 0.919 bits per heavy atom. The molecule has 0 unspecified atom stereocenters. The number of benzene rings is 2. The Hall–Kier alpha value is -2.12. The smallest absolute Gasteiger partial charge is 0.123 e. The van der Waals surface area contributed by atoms with E-state index >= 15 is 0 Å². The molecule has 2 aliphatic heterocycles. The van der Waals surface area contributed by atoms with Gasteiger partial charge in [-0.25, -0.2) is 0 Å². The van der Waals surface area contributed by atoms with Gasteiger partial charge in [0.15, 0.2) is 0 Å². The maximum atomic E-state index is 11.5. The van der Waals surface area contributed by atoms with Crippen molar-refractivity contribution in [3.05, 3.63) is 57.6 Å². The van der Waals surface area contributed by atoms with Gasteiger partial charge < -0.3 is 19.7 Å². The van der Waals surface area contributed by atoms with E-state index in [2.05, 4.69) is 75.6 Å². The zero-order valence-corrected chi connectivity index (χ0v) is 23.7. The predicted octanol–water partition coefficient (Wildman–Crippen LogP) is 4.95. The molecule has 37 heavy (non-hydrogen) atoms. The van der Waals surface area contributed by atoms with E-state index in [-0.39, 0.29) is 10.8 Å². The van der Waals surface area contributed by atoms with Gasteiger partial charge in [-0.15, -0.1) is 0 Å². The van der Waals surface area contributed by atoms with Crippen LogP contribution in [0, 0.1) is 0 Å². The van der Waals surface area contributed by atoms with Gasteiger partial charge in [0.1, 0.15) is 11.5 Å². The Kier molecular flexibility index (Phi) is 8.54. The van der Waals surface area contributed by atoms with Gasteiger partial charge in [0.05, 0.1) is 26.4 Å². The maximum Gasteiger partial charge on any atom is 0.123 e. The van der Waals surface area contributed by atoms with Crippen molar-refractivity contribution in [1.82, 2.24) is 9.80 Å². The van der Waals surface area contributed by atoms with E-state index in [4.69, 9.17) is 9.47 Å². The van der Waals surface area contributed by atoms with E-state index in [0.717, 1.165) is 74.9 Å². The number of rotatable bonds is 6. The highest BCUT2D eigenvalue weighted by molar-refractivity contribution is 5.52. The normalized spacial score (nSPS) is 18.3. The van der Waals surface area contributed by atoms with Crippen LogP contribution in [0.15, 0.2) is 24.3 Å². The highest BCUT2D eigenvalue weighted by Crippen LogP contribution is 2.37. The Morgan fingerprint density at radius 1 is 0.595 bits per heavy atom. The number of phenolic OH excluding ortho intramolecular Hbond substituents is 2. The van der Waals surface area contributed by atoms with E-state index in [1.165, 1.54) is 11.1 Å². The Morgan fingerprint density at radius 3 is 1.24 bits per heavy atom. The second-order valence-corrected chi connectivity index (χ2v) is 12.7. The molecule has 0 bridgehead atoms. The molecule has 4 rings (SSSR count). The average molecular weight is 511 g/mol. The molecule has 0 aromatic heterocycles. The van der Waals surface area contributed by atoms with E-state index in [9.17, 15) is 10.2 Å². The molecule has 2 saturated heterocycles. The molecule has 2 aromatic carbocycles. The summed E-state index contributed by atoms with van der Waals surface area (Å²) in [6.07, 6.45) is 0.484.